The van der Waals surface area contributed by atoms with Gasteiger partial charge in [0.25, 0.3) is 0 Å². The number of nitrogens with zero attached hydrogens (tertiary/aromatic N) is 3. The van der Waals surface area contributed by atoms with E-state index in [1.165, 1.54) is 21.9 Å². The number of aliphatic hydroxyl groups is 1. The summed E-state index contributed by atoms with van der Waals surface area (Å²) in [4.78, 5) is 0. The summed E-state index contributed by atoms with van der Waals surface area (Å²) in [5.41, 5.74) is 7.67. The highest BCUT2D eigenvalue weighted by Crippen LogP contribution is 2.40. The lowest BCUT2D eigenvalue weighted by Gasteiger charge is -2.13. The zero-order chi connectivity index (χ0) is 28.5. The van der Waals surface area contributed by atoms with Crippen LogP contribution in [0.15, 0.2) is 60.7 Å². The van der Waals surface area contributed by atoms with Crippen molar-refractivity contribution >= 4 is 21.7 Å². The standard InChI is InChI=1S/C35H39N3O4/c1-37-32-23-40-19-5-4-18-38-31(21-39)27(14-8-20-41-33-15-6-10-24-9-2-3-11-26(24)33)28-12-7-13-29(35(28)38)34(32)30(36-37)22-42-25-16-17-25/h2-3,6-7,9-13,15,25,39H,4-5,8,14,16-23H2,1H3. The number of para-hydroxylation sites is 1. The first kappa shape index (κ1) is 27.2. The van der Waals surface area contributed by atoms with Crippen LogP contribution in [0.5, 0.6) is 5.75 Å². The Balaban J connectivity index is 1.25. The summed E-state index contributed by atoms with van der Waals surface area (Å²) in [7, 11) is 2.00. The van der Waals surface area contributed by atoms with E-state index in [0.717, 1.165) is 84.4 Å². The minimum absolute atomic E-state index is 0.00167. The SMILES string of the molecule is Cn1nc(COC2CC2)c2c1COCCCCn1c(CO)c(CCCOc3cccc4ccccc34)c3cccc-2c31. The van der Waals surface area contributed by atoms with Gasteiger partial charge in [-0.3, -0.25) is 4.68 Å². The monoisotopic (exact) mass is 565 g/mol. The van der Waals surface area contributed by atoms with Crippen LogP contribution >= 0.6 is 0 Å². The van der Waals surface area contributed by atoms with Crippen LogP contribution in [0.2, 0.25) is 0 Å². The predicted molar refractivity (Wildman–Crippen MR) is 165 cm³/mol. The molecule has 0 spiro atoms. The molecule has 1 aliphatic heterocycles. The lowest BCUT2D eigenvalue weighted by atomic mass is 9.98. The summed E-state index contributed by atoms with van der Waals surface area (Å²) < 4.78 is 22.9. The number of fused-ring (bicyclic) bond motifs is 3. The van der Waals surface area contributed by atoms with Crippen LogP contribution in [0.4, 0.5) is 0 Å². The van der Waals surface area contributed by atoms with Gasteiger partial charge in [-0.2, -0.15) is 5.10 Å². The van der Waals surface area contributed by atoms with E-state index < -0.39 is 0 Å². The van der Waals surface area contributed by atoms with Crippen LogP contribution < -0.4 is 4.74 Å². The van der Waals surface area contributed by atoms with Gasteiger partial charge in [-0.25, -0.2) is 0 Å². The summed E-state index contributed by atoms with van der Waals surface area (Å²) in [5, 5.41) is 19.2. The number of aromatic nitrogens is 3. The normalized spacial score (nSPS) is 15.6. The molecule has 5 aromatic rings. The zero-order valence-corrected chi connectivity index (χ0v) is 24.3. The van der Waals surface area contributed by atoms with E-state index in [-0.39, 0.29) is 6.61 Å². The Bertz CT molecular complexity index is 1710. The van der Waals surface area contributed by atoms with Crippen LogP contribution in [0.1, 0.15) is 54.7 Å². The largest absolute Gasteiger partial charge is 0.493 e. The van der Waals surface area contributed by atoms with Crippen LogP contribution in [0, 0.1) is 0 Å². The minimum atomic E-state index is 0.00167. The lowest BCUT2D eigenvalue weighted by molar-refractivity contribution is 0.103. The Morgan fingerprint density at radius 1 is 1.00 bits per heavy atom. The topological polar surface area (TPSA) is 70.7 Å². The molecule has 0 saturated heterocycles. The number of benzene rings is 3. The van der Waals surface area contributed by atoms with E-state index in [4.69, 9.17) is 19.3 Å². The molecule has 42 heavy (non-hydrogen) atoms. The van der Waals surface area contributed by atoms with Crippen molar-refractivity contribution in [3.05, 3.63) is 83.3 Å². The zero-order valence-electron chi connectivity index (χ0n) is 24.3. The summed E-state index contributed by atoms with van der Waals surface area (Å²) in [6, 6.07) is 21.1. The Morgan fingerprint density at radius 3 is 2.71 bits per heavy atom. The molecule has 7 rings (SSSR count). The van der Waals surface area contributed by atoms with Gasteiger partial charge < -0.3 is 23.9 Å². The van der Waals surface area contributed by atoms with Crippen molar-refractivity contribution in [2.75, 3.05) is 13.2 Å². The number of rotatable bonds is 9. The van der Waals surface area contributed by atoms with Gasteiger partial charge in [-0.1, -0.05) is 54.6 Å². The van der Waals surface area contributed by atoms with Crippen molar-refractivity contribution in [1.82, 2.24) is 14.3 Å². The fourth-order valence-corrected chi connectivity index (χ4v) is 6.46. The molecule has 218 valence electrons. The number of hydrogen-bond acceptors (Lipinski definition) is 5. The number of ether oxygens (including phenoxy) is 3. The highest BCUT2D eigenvalue weighted by atomic mass is 16.5. The molecule has 1 aliphatic carbocycles. The molecule has 2 aromatic heterocycles. The van der Waals surface area contributed by atoms with Gasteiger partial charge in [0.2, 0.25) is 0 Å². The maximum atomic E-state index is 10.7. The Morgan fingerprint density at radius 2 is 1.83 bits per heavy atom. The van der Waals surface area contributed by atoms with E-state index in [0.29, 0.717) is 32.5 Å². The average Bonchev–Trinajstić information content (AvgIpc) is 3.73. The molecule has 0 bridgehead atoms. The third-order valence-electron chi connectivity index (χ3n) is 8.68. The smallest absolute Gasteiger partial charge is 0.127 e. The minimum Gasteiger partial charge on any atom is -0.493 e. The average molecular weight is 566 g/mol. The molecule has 7 heteroatoms. The quantitative estimate of drug-likeness (QED) is 0.202. The first-order valence-corrected chi connectivity index (χ1v) is 15.3. The fraction of sp³-hybridized carbons (Fsp3) is 0.400. The van der Waals surface area contributed by atoms with Crippen LogP contribution in [0.25, 0.3) is 32.8 Å². The molecule has 2 aliphatic rings. The van der Waals surface area contributed by atoms with Gasteiger partial charge >= 0.3 is 0 Å². The van der Waals surface area contributed by atoms with Gasteiger partial charge in [-0.15, -0.1) is 0 Å². The number of aliphatic hydroxyl groups excluding tert-OH is 1. The van der Waals surface area contributed by atoms with Crippen molar-refractivity contribution in [2.24, 2.45) is 7.05 Å². The van der Waals surface area contributed by atoms with Crippen molar-refractivity contribution in [3.8, 4) is 16.9 Å². The van der Waals surface area contributed by atoms with E-state index in [1.807, 2.05) is 23.9 Å². The van der Waals surface area contributed by atoms with E-state index >= 15 is 0 Å². The molecule has 0 radical (unpaired) electrons. The Kier molecular flexibility index (Phi) is 7.72. The van der Waals surface area contributed by atoms with E-state index in [9.17, 15) is 5.11 Å². The highest BCUT2D eigenvalue weighted by Gasteiger charge is 2.27. The third kappa shape index (κ3) is 5.21. The first-order chi connectivity index (χ1) is 20.7. The maximum absolute atomic E-state index is 10.7. The lowest BCUT2D eigenvalue weighted by Crippen LogP contribution is -2.07. The Labute approximate surface area is 246 Å². The van der Waals surface area contributed by atoms with E-state index in [1.54, 1.807) is 0 Å². The van der Waals surface area contributed by atoms with Crippen molar-refractivity contribution < 1.29 is 19.3 Å². The van der Waals surface area contributed by atoms with Crippen LogP contribution in [-0.4, -0.2) is 38.8 Å². The fourth-order valence-electron chi connectivity index (χ4n) is 6.46. The molecule has 3 heterocycles. The summed E-state index contributed by atoms with van der Waals surface area (Å²) >= 11 is 0. The molecule has 0 atom stereocenters. The van der Waals surface area contributed by atoms with Gasteiger partial charge in [0.1, 0.15) is 5.75 Å². The third-order valence-corrected chi connectivity index (χ3v) is 8.68. The second kappa shape index (κ2) is 11.9. The van der Waals surface area contributed by atoms with Gasteiger partial charge in [0, 0.05) is 47.8 Å². The van der Waals surface area contributed by atoms with Crippen LogP contribution in [0.3, 0.4) is 0 Å². The van der Waals surface area contributed by atoms with Crippen molar-refractivity contribution in [3.63, 3.8) is 0 Å². The van der Waals surface area contributed by atoms with Gasteiger partial charge in [-0.05, 0) is 55.5 Å². The predicted octanol–water partition coefficient (Wildman–Crippen LogP) is 6.69. The van der Waals surface area contributed by atoms with E-state index in [2.05, 4.69) is 53.1 Å². The number of hydrogen-bond donors (Lipinski definition) is 1. The molecular weight excluding hydrogens is 526 g/mol. The van der Waals surface area contributed by atoms with Crippen molar-refractivity contribution in [2.45, 2.75) is 71.0 Å². The second-order valence-electron chi connectivity index (χ2n) is 11.5. The highest BCUT2D eigenvalue weighted by molar-refractivity contribution is 5.98. The van der Waals surface area contributed by atoms with Gasteiger partial charge in [0.15, 0.2) is 0 Å². The molecule has 1 saturated carbocycles. The molecular formula is C35H39N3O4. The number of aryl methyl sites for hydroxylation is 3. The maximum Gasteiger partial charge on any atom is 0.127 e. The molecule has 0 amide bonds. The molecule has 0 unspecified atom stereocenters. The molecule has 1 N–H and O–H groups in total. The summed E-state index contributed by atoms with van der Waals surface area (Å²) in [6.07, 6.45) is 6.24. The van der Waals surface area contributed by atoms with Crippen molar-refractivity contribution in [1.29, 1.82) is 0 Å². The van der Waals surface area contributed by atoms with Gasteiger partial charge in [0.05, 0.1) is 49.4 Å². The second-order valence-corrected chi connectivity index (χ2v) is 11.5. The molecule has 7 nitrogen and oxygen atoms in total. The summed E-state index contributed by atoms with van der Waals surface area (Å²) in [6.45, 7) is 3.16. The molecule has 1 fully saturated rings. The Hall–Kier alpha value is -3.65. The summed E-state index contributed by atoms with van der Waals surface area (Å²) in [5.74, 6) is 0.918. The van der Waals surface area contributed by atoms with Crippen LogP contribution in [-0.2, 0) is 49.3 Å². The first-order valence-electron chi connectivity index (χ1n) is 15.3. The molecule has 3 aromatic carbocycles.